The van der Waals surface area contributed by atoms with E-state index in [2.05, 4.69) is 0 Å². The number of aromatic hydroxyl groups is 2. The fourth-order valence-electron chi connectivity index (χ4n) is 4.93. The first kappa shape index (κ1) is 30.3. The second-order valence-electron chi connectivity index (χ2n) is 13.2. The van der Waals surface area contributed by atoms with E-state index in [-0.39, 0.29) is 61.1 Å². The molecular weight excluding hydrogens is 538 g/mol. The number of hydrogen-bond donors (Lipinski definition) is 2. The van der Waals surface area contributed by atoms with E-state index in [4.69, 9.17) is 18.1 Å². The summed E-state index contributed by atoms with van der Waals surface area (Å²) in [5.41, 5.74) is 3.25. The minimum absolute atomic E-state index is 0.0871. The van der Waals surface area contributed by atoms with Crippen molar-refractivity contribution < 1.29 is 37.4 Å². The first-order chi connectivity index (χ1) is 17.8. The summed E-state index contributed by atoms with van der Waals surface area (Å²) in [5.74, 6) is 0.485. The summed E-state index contributed by atoms with van der Waals surface area (Å²) in [6.07, 6.45) is 0.174. The van der Waals surface area contributed by atoms with Gasteiger partial charge in [-0.2, -0.15) is 0 Å². The number of phenolic OH excluding ortho intramolecular Hbond substituents is 2. The standard InChI is InChI=1S/C29H42O8P2/c1-19-9-21(11-23(25(19)30)27(3,4)5)13-38(32)34-15-29(16-35-38)17-36-39(33,37-18-29)14-22-10-20(2)26(31)24(12-22)28(6,7)8/h9-12,30-31H,13-18H2,1-8H3. The summed E-state index contributed by atoms with van der Waals surface area (Å²) in [4.78, 5) is 0. The summed E-state index contributed by atoms with van der Waals surface area (Å²) in [6, 6.07) is 7.33. The predicted octanol–water partition coefficient (Wildman–Crippen LogP) is 7.48. The zero-order valence-electron chi connectivity index (χ0n) is 24.3. The van der Waals surface area contributed by atoms with E-state index in [9.17, 15) is 19.3 Å². The molecule has 2 heterocycles. The highest BCUT2D eigenvalue weighted by atomic mass is 31.2. The first-order valence-electron chi connectivity index (χ1n) is 13.3. The van der Waals surface area contributed by atoms with Gasteiger partial charge in [-0.15, -0.1) is 0 Å². The van der Waals surface area contributed by atoms with E-state index in [0.717, 1.165) is 22.3 Å². The van der Waals surface area contributed by atoms with Gasteiger partial charge in [0, 0.05) is 0 Å². The number of benzene rings is 2. The molecule has 0 saturated carbocycles. The van der Waals surface area contributed by atoms with Crippen LogP contribution in [0.3, 0.4) is 0 Å². The van der Waals surface area contributed by atoms with Crippen LogP contribution in [-0.4, -0.2) is 36.6 Å². The Balaban J connectivity index is 1.41. The molecule has 10 heteroatoms. The lowest BCUT2D eigenvalue weighted by atomic mass is 9.84. The second-order valence-corrected chi connectivity index (χ2v) is 17.4. The summed E-state index contributed by atoms with van der Waals surface area (Å²) >= 11 is 0. The quantitative estimate of drug-likeness (QED) is 0.358. The Kier molecular flexibility index (Phi) is 8.01. The van der Waals surface area contributed by atoms with E-state index in [1.165, 1.54) is 0 Å². The average molecular weight is 581 g/mol. The molecule has 1 spiro atoms. The fourth-order valence-corrected chi connectivity index (χ4v) is 8.59. The molecule has 8 nitrogen and oxygen atoms in total. The van der Waals surface area contributed by atoms with Gasteiger partial charge in [0.1, 0.15) is 11.5 Å². The van der Waals surface area contributed by atoms with Crippen molar-refractivity contribution >= 4 is 15.2 Å². The maximum atomic E-state index is 13.5. The van der Waals surface area contributed by atoms with Crippen molar-refractivity contribution in [3.8, 4) is 11.5 Å². The third-order valence-corrected chi connectivity index (χ3v) is 11.0. The molecule has 0 amide bonds. The van der Waals surface area contributed by atoms with Gasteiger partial charge in [0.05, 0.1) is 44.2 Å². The van der Waals surface area contributed by atoms with Crippen LogP contribution in [0.5, 0.6) is 11.5 Å². The van der Waals surface area contributed by atoms with Crippen LogP contribution in [0, 0.1) is 19.3 Å². The van der Waals surface area contributed by atoms with Crippen LogP contribution < -0.4 is 0 Å². The predicted molar refractivity (Wildman–Crippen MR) is 152 cm³/mol. The monoisotopic (exact) mass is 580 g/mol. The van der Waals surface area contributed by atoms with Gasteiger partial charge < -0.3 is 28.3 Å². The van der Waals surface area contributed by atoms with Gasteiger partial charge in [-0.1, -0.05) is 65.8 Å². The minimum atomic E-state index is -3.44. The fraction of sp³-hybridized carbons (Fsp3) is 0.586. The molecule has 0 aromatic heterocycles. The lowest BCUT2D eigenvalue weighted by Crippen LogP contribution is -2.45. The third-order valence-electron chi connectivity index (χ3n) is 7.36. The molecule has 0 bridgehead atoms. The lowest BCUT2D eigenvalue weighted by molar-refractivity contribution is -0.0690. The van der Waals surface area contributed by atoms with E-state index < -0.39 is 20.6 Å². The van der Waals surface area contributed by atoms with Crippen LogP contribution >= 0.6 is 15.2 Å². The van der Waals surface area contributed by atoms with E-state index in [1.54, 1.807) is 12.1 Å². The maximum Gasteiger partial charge on any atom is 0.335 e. The largest absolute Gasteiger partial charge is 0.507 e. The van der Waals surface area contributed by atoms with Gasteiger partial charge in [-0.3, -0.25) is 9.13 Å². The zero-order chi connectivity index (χ0) is 29.0. The summed E-state index contributed by atoms with van der Waals surface area (Å²) in [7, 11) is -6.88. The van der Waals surface area contributed by atoms with Crippen molar-refractivity contribution in [1.29, 1.82) is 0 Å². The van der Waals surface area contributed by atoms with Crippen LogP contribution in [0.15, 0.2) is 24.3 Å². The van der Waals surface area contributed by atoms with Crippen LogP contribution in [0.25, 0.3) is 0 Å². The summed E-state index contributed by atoms with van der Waals surface area (Å²) in [5, 5.41) is 21.0. The molecule has 2 fully saturated rings. The summed E-state index contributed by atoms with van der Waals surface area (Å²) in [6.45, 7) is 16.1. The van der Waals surface area contributed by atoms with Crippen molar-refractivity contribution in [2.45, 2.75) is 78.5 Å². The summed E-state index contributed by atoms with van der Waals surface area (Å²) < 4.78 is 50.2. The van der Waals surface area contributed by atoms with Crippen molar-refractivity contribution in [2.75, 3.05) is 26.4 Å². The molecule has 0 aliphatic carbocycles. The van der Waals surface area contributed by atoms with Crippen molar-refractivity contribution in [1.82, 2.24) is 0 Å². The number of phenols is 2. The molecule has 0 unspecified atom stereocenters. The Labute approximate surface area is 232 Å². The highest BCUT2D eigenvalue weighted by molar-refractivity contribution is 7.53. The van der Waals surface area contributed by atoms with Crippen LogP contribution in [-0.2, 0) is 50.4 Å². The molecule has 2 aliphatic rings. The minimum Gasteiger partial charge on any atom is -0.507 e. The van der Waals surface area contributed by atoms with Gasteiger partial charge in [0.15, 0.2) is 0 Å². The van der Waals surface area contributed by atoms with Gasteiger partial charge in [-0.05, 0) is 58.1 Å². The van der Waals surface area contributed by atoms with Gasteiger partial charge >= 0.3 is 15.2 Å². The Morgan fingerprint density at radius 2 is 0.974 bits per heavy atom. The molecule has 216 valence electrons. The molecule has 2 aliphatic heterocycles. The zero-order valence-corrected chi connectivity index (χ0v) is 26.1. The molecule has 4 rings (SSSR count). The molecule has 2 saturated heterocycles. The van der Waals surface area contributed by atoms with Crippen molar-refractivity contribution in [3.63, 3.8) is 0 Å². The molecule has 2 N–H and O–H groups in total. The number of rotatable bonds is 4. The molecule has 0 radical (unpaired) electrons. The maximum absolute atomic E-state index is 13.5. The van der Waals surface area contributed by atoms with Crippen LogP contribution in [0.2, 0.25) is 0 Å². The van der Waals surface area contributed by atoms with Gasteiger partial charge in [0.2, 0.25) is 0 Å². The van der Waals surface area contributed by atoms with Crippen LogP contribution in [0.4, 0.5) is 0 Å². The molecule has 2 aromatic carbocycles. The SMILES string of the molecule is Cc1cc(CP2(=O)OCC3(CO2)COP(=O)(Cc2cc(C)c(O)c(C(C)(C)C)c2)OC3)cc(C(C)(C)C)c1O. The Morgan fingerprint density at radius 3 is 1.26 bits per heavy atom. The topological polar surface area (TPSA) is 112 Å². The van der Waals surface area contributed by atoms with Crippen molar-refractivity contribution in [2.24, 2.45) is 5.41 Å². The van der Waals surface area contributed by atoms with E-state index in [0.29, 0.717) is 11.1 Å². The van der Waals surface area contributed by atoms with Gasteiger partial charge in [-0.25, -0.2) is 0 Å². The Hall–Kier alpha value is -1.66. The molecule has 39 heavy (non-hydrogen) atoms. The molecule has 2 aromatic rings. The van der Waals surface area contributed by atoms with E-state index in [1.807, 2.05) is 67.5 Å². The normalized spacial score (nSPS) is 28.1. The van der Waals surface area contributed by atoms with Gasteiger partial charge in [0.25, 0.3) is 0 Å². The van der Waals surface area contributed by atoms with Crippen molar-refractivity contribution in [3.05, 3.63) is 57.6 Å². The molecule has 0 atom stereocenters. The molecular formula is C29H42O8P2. The Morgan fingerprint density at radius 1 is 0.667 bits per heavy atom. The average Bonchev–Trinajstić information content (AvgIpc) is 2.81. The highest BCUT2D eigenvalue weighted by Gasteiger charge is 2.48. The lowest BCUT2D eigenvalue weighted by Gasteiger charge is -2.43. The van der Waals surface area contributed by atoms with E-state index >= 15 is 0 Å². The third kappa shape index (κ3) is 6.64. The number of aryl methyl sites for hydroxylation is 2. The second kappa shape index (κ2) is 10.3. The highest BCUT2D eigenvalue weighted by Crippen LogP contribution is 2.61. The first-order valence-corrected chi connectivity index (χ1v) is 16.7. The number of hydrogen-bond acceptors (Lipinski definition) is 8. The Bertz CT molecular complexity index is 1220. The smallest absolute Gasteiger partial charge is 0.335 e. The van der Waals surface area contributed by atoms with Crippen LogP contribution in [0.1, 0.15) is 74.9 Å².